The van der Waals surface area contributed by atoms with Crippen LogP contribution in [0.5, 0.6) is 5.75 Å². The van der Waals surface area contributed by atoms with Crippen LogP contribution in [0.2, 0.25) is 0 Å². The molecule has 1 aromatic carbocycles. The highest BCUT2D eigenvalue weighted by molar-refractivity contribution is 7.10. The maximum Gasteiger partial charge on any atom is 0.332 e. The quantitative estimate of drug-likeness (QED) is 0.249. The van der Waals surface area contributed by atoms with Crippen molar-refractivity contribution >= 4 is 17.3 Å². The number of ether oxygens (including phenoxy) is 2. The maximum atomic E-state index is 13.9. The Morgan fingerprint density at radius 3 is 2.49 bits per heavy atom. The Kier molecular flexibility index (Phi) is 8.86. The normalized spacial score (nSPS) is 28.2. The molecule has 202 valence electrons. The van der Waals surface area contributed by atoms with Crippen LogP contribution in [0.4, 0.5) is 4.39 Å². The Morgan fingerprint density at radius 2 is 1.73 bits per heavy atom. The van der Waals surface area contributed by atoms with Gasteiger partial charge < -0.3 is 9.47 Å². The molecule has 2 bridgehead atoms. The molecule has 0 radical (unpaired) electrons. The van der Waals surface area contributed by atoms with Crippen molar-refractivity contribution in [3.8, 4) is 5.75 Å². The molecule has 4 unspecified atom stereocenters. The fourth-order valence-electron chi connectivity index (χ4n) is 6.97. The number of carbonyl (C=O) groups excluding carboxylic acids is 1. The van der Waals surface area contributed by atoms with Crippen molar-refractivity contribution in [2.45, 2.75) is 89.2 Å². The first-order valence-electron chi connectivity index (χ1n) is 14.4. The monoisotopic (exact) mass is 527 g/mol. The molecule has 0 N–H and O–H groups in total. The fraction of sp³-hybridized carbons (Fsp3) is 0.645. The maximum absolute atomic E-state index is 13.9. The van der Waals surface area contributed by atoms with E-state index in [0.29, 0.717) is 18.4 Å². The van der Waals surface area contributed by atoms with E-state index in [-0.39, 0.29) is 17.9 Å². The molecule has 3 aliphatic rings. The largest absolute Gasteiger partial charge is 0.494 e. The van der Waals surface area contributed by atoms with Gasteiger partial charge in [0.2, 0.25) is 0 Å². The summed E-state index contributed by atoms with van der Waals surface area (Å²) in [7, 11) is 0. The molecule has 3 fully saturated rings. The van der Waals surface area contributed by atoms with Crippen LogP contribution in [0.1, 0.15) is 82.4 Å². The number of hydrogen-bond donors (Lipinski definition) is 0. The standard InChI is InChI=1S/C31H42FNO3S/c1-31(29-8-6-22-37-29,33-19-3-2-4-20-33)30(34)36-28-18-13-24-10-12-25(28)11-9-23(24)7-5-21-35-27-16-14-26(32)15-17-27/h6,8,14-17,22-25,28H,2-5,7,9-13,18-21H2,1H3/t23?,24?,25?,28-,31?/m0/s1. The van der Waals surface area contributed by atoms with E-state index < -0.39 is 5.54 Å². The van der Waals surface area contributed by atoms with Crippen molar-refractivity contribution in [1.29, 1.82) is 0 Å². The number of esters is 1. The number of likely N-dealkylation sites (tertiary alicyclic amines) is 1. The SMILES string of the molecule is CC(C(=O)O[C@H]1CCC2CCC1CCC2CCCOc1ccc(F)cc1)(c1cccs1)N1CCCCC1. The summed E-state index contributed by atoms with van der Waals surface area (Å²) in [6.45, 7) is 4.70. The van der Waals surface area contributed by atoms with Gasteiger partial charge in [0.05, 0.1) is 6.61 Å². The lowest BCUT2D eigenvalue weighted by atomic mass is 9.79. The van der Waals surface area contributed by atoms with Crippen molar-refractivity contribution in [2.75, 3.05) is 19.7 Å². The minimum Gasteiger partial charge on any atom is -0.494 e. The number of rotatable bonds is 9. The van der Waals surface area contributed by atoms with Crippen molar-refractivity contribution in [3.05, 3.63) is 52.5 Å². The molecule has 2 heterocycles. The molecule has 4 nitrogen and oxygen atoms in total. The summed E-state index contributed by atoms with van der Waals surface area (Å²) in [6, 6.07) is 10.4. The Bertz CT molecular complexity index is 990. The van der Waals surface area contributed by atoms with Crippen molar-refractivity contribution < 1.29 is 18.7 Å². The van der Waals surface area contributed by atoms with Gasteiger partial charge in [0.1, 0.15) is 17.7 Å². The van der Waals surface area contributed by atoms with Crippen LogP contribution >= 0.6 is 11.3 Å². The number of fused-ring (bicyclic) bond motifs is 3. The van der Waals surface area contributed by atoms with Crippen LogP contribution in [-0.2, 0) is 15.1 Å². The molecular weight excluding hydrogens is 485 g/mol. The van der Waals surface area contributed by atoms with Gasteiger partial charge in [0.25, 0.3) is 0 Å². The molecule has 5 rings (SSSR count). The van der Waals surface area contributed by atoms with E-state index in [1.54, 1.807) is 23.5 Å². The highest BCUT2D eigenvalue weighted by Crippen LogP contribution is 2.44. The number of benzene rings is 1. The van der Waals surface area contributed by atoms with E-state index in [1.807, 2.05) is 0 Å². The van der Waals surface area contributed by atoms with Crippen LogP contribution in [0.25, 0.3) is 0 Å². The minimum absolute atomic E-state index is 0.0413. The first-order chi connectivity index (χ1) is 18.0. The number of piperidine rings is 1. The van der Waals surface area contributed by atoms with Crippen LogP contribution in [0, 0.1) is 23.6 Å². The molecule has 0 amide bonds. The molecule has 2 aliphatic carbocycles. The molecule has 6 heteroatoms. The Hall–Kier alpha value is -1.92. The highest BCUT2D eigenvalue weighted by atomic mass is 32.1. The molecule has 1 aromatic heterocycles. The lowest BCUT2D eigenvalue weighted by molar-refractivity contribution is -0.168. The van der Waals surface area contributed by atoms with E-state index >= 15 is 0 Å². The average molecular weight is 528 g/mol. The van der Waals surface area contributed by atoms with Crippen LogP contribution in [-0.4, -0.2) is 36.7 Å². The smallest absolute Gasteiger partial charge is 0.332 e. The van der Waals surface area contributed by atoms with Gasteiger partial charge in [-0.05, 0) is 138 Å². The third-order valence-corrected chi connectivity index (χ3v) is 10.4. The van der Waals surface area contributed by atoms with E-state index in [4.69, 9.17) is 9.47 Å². The number of carbonyl (C=O) groups is 1. The first-order valence-corrected chi connectivity index (χ1v) is 15.3. The second-order valence-electron chi connectivity index (χ2n) is 11.5. The summed E-state index contributed by atoms with van der Waals surface area (Å²) in [5, 5.41) is 2.08. The summed E-state index contributed by atoms with van der Waals surface area (Å²) < 4.78 is 25.4. The zero-order valence-corrected chi connectivity index (χ0v) is 23.0. The molecular formula is C31H42FNO3S. The van der Waals surface area contributed by atoms with E-state index in [0.717, 1.165) is 68.2 Å². The van der Waals surface area contributed by atoms with Crippen molar-refractivity contribution in [2.24, 2.45) is 17.8 Å². The second kappa shape index (κ2) is 12.3. The molecule has 1 saturated heterocycles. The summed E-state index contributed by atoms with van der Waals surface area (Å²) in [6.07, 6.45) is 12.7. The molecule has 1 aliphatic heterocycles. The topological polar surface area (TPSA) is 38.8 Å². The molecule has 0 spiro atoms. The van der Waals surface area contributed by atoms with Gasteiger partial charge in [0, 0.05) is 4.88 Å². The lowest BCUT2D eigenvalue weighted by Gasteiger charge is -2.42. The molecule has 2 saturated carbocycles. The number of nitrogens with zero attached hydrogens (tertiary/aromatic N) is 1. The van der Waals surface area contributed by atoms with Crippen LogP contribution in [0.15, 0.2) is 41.8 Å². The van der Waals surface area contributed by atoms with Gasteiger partial charge >= 0.3 is 5.97 Å². The average Bonchev–Trinajstić information content (AvgIpc) is 3.30. The third-order valence-electron chi connectivity index (χ3n) is 9.28. The number of halogens is 1. The molecule has 37 heavy (non-hydrogen) atoms. The Labute approximate surface area is 225 Å². The summed E-state index contributed by atoms with van der Waals surface area (Å²) in [4.78, 5) is 17.4. The third kappa shape index (κ3) is 6.22. The Morgan fingerprint density at radius 1 is 1.00 bits per heavy atom. The van der Waals surface area contributed by atoms with Crippen molar-refractivity contribution in [3.63, 3.8) is 0 Å². The van der Waals surface area contributed by atoms with Gasteiger partial charge in [-0.15, -0.1) is 11.3 Å². The van der Waals surface area contributed by atoms with Gasteiger partial charge in [-0.2, -0.15) is 0 Å². The molecule has 2 aromatic rings. The predicted octanol–water partition coefficient (Wildman–Crippen LogP) is 7.58. The summed E-state index contributed by atoms with van der Waals surface area (Å²) in [5.41, 5.74) is -0.679. The first kappa shape index (κ1) is 26.7. The van der Waals surface area contributed by atoms with Gasteiger partial charge in [-0.1, -0.05) is 12.5 Å². The van der Waals surface area contributed by atoms with E-state index in [9.17, 15) is 9.18 Å². The van der Waals surface area contributed by atoms with Gasteiger partial charge in [0.15, 0.2) is 5.54 Å². The highest BCUT2D eigenvalue weighted by Gasteiger charge is 2.46. The van der Waals surface area contributed by atoms with Gasteiger partial charge in [-0.3, -0.25) is 4.90 Å². The summed E-state index contributed by atoms with van der Waals surface area (Å²) in [5.74, 6) is 2.38. The summed E-state index contributed by atoms with van der Waals surface area (Å²) >= 11 is 1.68. The minimum atomic E-state index is -0.679. The number of hydrogen-bond acceptors (Lipinski definition) is 5. The van der Waals surface area contributed by atoms with Crippen LogP contribution in [0.3, 0.4) is 0 Å². The molecule has 5 atom stereocenters. The number of thiophene rings is 1. The van der Waals surface area contributed by atoms with Gasteiger partial charge in [-0.25, -0.2) is 9.18 Å². The van der Waals surface area contributed by atoms with E-state index in [2.05, 4.69) is 29.3 Å². The predicted molar refractivity (Wildman–Crippen MR) is 146 cm³/mol. The zero-order valence-electron chi connectivity index (χ0n) is 22.2. The fourth-order valence-corrected chi connectivity index (χ4v) is 7.88. The lowest BCUT2D eigenvalue weighted by Crippen LogP contribution is -2.53. The van der Waals surface area contributed by atoms with Crippen molar-refractivity contribution in [1.82, 2.24) is 4.90 Å². The van der Waals surface area contributed by atoms with Crippen LogP contribution < -0.4 is 4.74 Å². The Balaban J connectivity index is 1.16. The zero-order chi connectivity index (χ0) is 25.7. The van der Waals surface area contributed by atoms with E-state index in [1.165, 1.54) is 44.2 Å². The second-order valence-corrected chi connectivity index (χ2v) is 12.4.